The number of nitrogens with zero attached hydrogens (tertiary/aromatic N) is 1. The van der Waals surface area contributed by atoms with Crippen molar-refractivity contribution >= 4 is 11.5 Å². The largest absolute Gasteiger partial charge is 0.481 e. The minimum atomic E-state index is 0.615. The Bertz CT molecular complexity index is 508. The third-order valence-corrected chi connectivity index (χ3v) is 2.98. The van der Waals surface area contributed by atoms with Crippen LogP contribution in [0.3, 0.4) is 0 Å². The number of hydrogen-bond donors (Lipinski definition) is 1. The number of aryl methyl sites for hydroxylation is 1. The van der Waals surface area contributed by atoms with E-state index in [2.05, 4.69) is 41.5 Å². The highest BCUT2D eigenvalue weighted by atomic mass is 16.5. The van der Waals surface area contributed by atoms with Gasteiger partial charge in [-0.05, 0) is 36.6 Å². The Morgan fingerprint density at radius 1 is 1.11 bits per heavy atom. The van der Waals surface area contributed by atoms with E-state index in [4.69, 9.17) is 4.74 Å². The summed E-state index contributed by atoms with van der Waals surface area (Å²) < 4.78 is 5.10. The van der Waals surface area contributed by atoms with Crippen molar-refractivity contribution in [1.82, 2.24) is 4.98 Å². The van der Waals surface area contributed by atoms with Crippen molar-refractivity contribution in [3.8, 4) is 5.88 Å². The molecule has 0 atom stereocenters. The quantitative estimate of drug-likeness (QED) is 0.842. The third kappa shape index (κ3) is 3.98. The second-order valence-electron chi connectivity index (χ2n) is 4.49. The van der Waals surface area contributed by atoms with E-state index in [-0.39, 0.29) is 0 Å². The van der Waals surface area contributed by atoms with Crippen LogP contribution >= 0.6 is 0 Å². The first kappa shape index (κ1) is 13.4. The molecule has 0 aliphatic carbocycles. The van der Waals surface area contributed by atoms with Crippen molar-refractivity contribution < 1.29 is 4.74 Å². The summed E-state index contributed by atoms with van der Waals surface area (Å²) in [4.78, 5) is 4.33. The molecule has 0 spiro atoms. The van der Waals surface area contributed by atoms with Crippen LogP contribution in [0.1, 0.15) is 25.3 Å². The number of nitrogens with one attached hydrogen (secondary N) is 1. The summed E-state index contributed by atoms with van der Waals surface area (Å²) >= 11 is 0. The molecule has 0 saturated heterocycles. The lowest BCUT2D eigenvalue weighted by atomic mass is 10.1. The Morgan fingerprint density at radius 2 is 1.89 bits per heavy atom. The summed E-state index contributed by atoms with van der Waals surface area (Å²) in [5.41, 5.74) is 2.42. The zero-order chi connectivity index (χ0) is 13.5. The van der Waals surface area contributed by atoms with E-state index in [1.165, 1.54) is 18.4 Å². The lowest BCUT2D eigenvalue weighted by Crippen LogP contribution is -1.95. The zero-order valence-electron chi connectivity index (χ0n) is 11.5. The first-order valence-corrected chi connectivity index (χ1v) is 6.69. The van der Waals surface area contributed by atoms with Gasteiger partial charge in [-0.1, -0.05) is 31.5 Å². The van der Waals surface area contributed by atoms with E-state index in [1.54, 1.807) is 7.11 Å². The van der Waals surface area contributed by atoms with E-state index >= 15 is 0 Å². The Balaban J connectivity index is 2.02. The maximum atomic E-state index is 5.10. The molecular weight excluding hydrogens is 236 g/mol. The molecule has 1 heterocycles. The van der Waals surface area contributed by atoms with Gasteiger partial charge in [0.15, 0.2) is 0 Å². The Morgan fingerprint density at radius 3 is 2.58 bits per heavy atom. The van der Waals surface area contributed by atoms with Crippen LogP contribution in [0.4, 0.5) is 11.5 Å². The lowest BCUT2D eigenvalue weighted by molar-refractivity contribution is 0.398. The number of hydrogen-bond acceptors (Lipinski definition) is 3. The Kier molecular flexibility index (Phi) is 4.78. The fourth-order valence-corrected chi connectivity index (χ4v) is 1.88. The topological polar surface area (TPSA) is 34.1 Å². The molecule has 2 rings (SSSR count). The van der Waals surface area contributed by atoms with Gasteiger partial charge < -0.3 is 10.1 Å². The van der Waals surface area contributed by atoms with Gasteiger partial charge >= 0.3 is 0 Å². The van der Waals surface area contributed by atoms with Crippen LogP contribution in [0, 0.1) is 0 Å². The van der Waals surface area contributed by atoms with Crippen LogP contribution in [-0.4, -0.2) is 12.1 Å². The normalized spacial score (nSPS) is 10.2. The van der Waals surface area contributed by atoms with Crippen molar-refractivity contribution in [1.29, 1.82) is 0 Å². The molecule has 0 saturated carbocycles. The van der Waals surface area contributed by atoms with Gasteiger partial charge in [-0.25, -0.2) is 0 Å². The fourth-order valence-electron chi connectivity index (χ4n) is 1.88. The summed E-state index contributed by atoms with van der Waals surface area (Å²) in [5, 5.41) is 3.27. The SMILES string of the molecule is CCCCc1ccc(Nc2cccc(OC)n2)cc1. The Hall–Kier alpha value is -2.03. The highest BCUT2D eigenvalue weighted by Crippen LogP contribution is 2.18. The molecule has 0 radical (unpaired) electrons. The molecule has 100 valence electrons. The van der Waals surface area contributed by atoms with Crippen molar-refractivity contribution in [3.63, 3.8) is 0 Å². The number of pyridine rings is 1. The van der Waals surface area contributed by atoms with E-state index in [1.807, 2.05) is 18.2 Å². The number of anilines is 2. The van der Waals surface area contributed by atoms with Crippen LogP contribution < -0.4 is 10.1 Å². The average Bonchev–Trinajstić information content (AvgIpc) is 2.47. The number of methoxy groups -OCH3 is 1. The molecule has 0 fully saturated rings. The predicted octanol–water partition coefficient (Wildman–Crippen LogP) is 4.18. The molecule has 0 bridgehead atoms. The number of benzene rings is 1. The van der Waals surface area contributed by atoms with Gasteiger partial charge in [0.25, 0.3) is 0 Å². The van der Waals surface area contributed by atoms with Crippen molar-refractivity contribution in [2.45, 2.75) is 26.2 Å². The number of rotatable bonds is 6. The Labute approximate surface area is 114 Å². The monoisotopic (exact) mass is 256 g/mol. The molecule has 19 heavy (non-hydrogen) atoms. The second-order valence-corrected chi connectivity index (χ2v) is 4.49. The highest BCUT2D eigenvalue weighted by molar-refractivity contribution is 5.56. The second kappa shape index (κ2) is 6.78. The molecular formula is C16H20N2O. The van der Waals surface area contributed by atoms with Gasteiger partial charge in [0.1, 0.15) is 5.82 Å². The molecule has 3 heteroatoms. The number of ether oxygens (including phenoxy) is 1. The summed E-state index contributed by atoms with van der Waals surface area (Å²) in [6.07, 6.45) is 3.62. The molecule has 1 aromatic carbocycles. The van der Waals surface area contributed by atoms with Gasteiger partial charge in [0, 0.05) is 11.8 Å². The third-order valence-electron chi connectivity index (χ3n) is 2.98. The molecule has 0 aliphatic rings. The first-order valence-electron chi connectivity index (χ1n) is 6.69. The van der Waals surface area contributed by atoms with Gasteiger partial charge in [-0.15, -0.1) is 0 Å². The molecule has 1 N–H and O–H groups in total. The minimum Gasteiger partial charge on any atom is -0.481 e. The molecule has 0 unspecified atom stereocenters. The summed E-state index contributed by atoms with van der Waals surface area (Å²) in [6, 6.07) is 14.2. The van der Waals surface area contributed by atoms with E-state index in [0.29, 0.717) is 5.88 Å². The van der Waals surface area contributed by atoms with Crippen molar-refractivity contribution in [2.24, 2.45) is 0 Å². The van der Waals surface area contributed by atoms with Gasteiger partial charge in [0.05, 0.1) is 7.11 Å². The molecule has 0 amide bonds. The number of aromatic nitrogens is 1. The van der Waals surface area contributed by atoms with Crippen LogP contribution in [-0.2, 0) is 6.42 Å². The van der Waals surface area contributed by atoms with E-state index < -0.39 is 0 Å². The predicted molar refractivity (Wildman–Crippen MR) is 79.1 cm³/mol. The standard InChI is InChI=1S/C16H20N2O/c1-3-4-6-13-9-11-14(12-10-13)17-15-7-5-8-16(18-15)19-2/h5,7-12H,3-4,6H2,1-2H3,(H,17,18). The van der Waals surface area contributed by atoms with E-state index in [0.717, 1.165) is 17.9 Å². The van der Waals surface area contributed by atoms with Crippen molar-refractivity contribution in [3.05, 3.63) is 48.0 Å². The minimum absolute atomic E-state index is 0.615. The fraction of sp³-hybridized carbons (Fsp3) is 0.312. The molecule has 0 aliphatic heterocycles. The lowest BCUT2D eigenvalue weighted by Gasteiger charge is -2.08. The molecule has 2 aromatic rings. The molecule has 3 nitrogen and oxygen atoms in total. The first-order chi connectivity index (χ1) is 9.31. The number of unbranched alkanes of at least 4 members (excludes halogenated alkanes) is 1. The maximum Gasteiger partial charge on any atom is 0.214 e. The summed E-state index contributed by atoms with van der Waals surface area (Å²) in [6.45, 7) is 2.21. The zero-order valence-corrected chi connectivity index (χ0v) is 11.5. The highest BCUT2D eigenvalue weighted by Gasteiger charge is 1.99. The molecule has 1 aromatic heterocycles. The van der Waals surface area contributed by atoms with Crippen LogP contribution in [0.25, 0.3) is 0 Å². The van der Waals surface area contributed by atoms with Crippen LogP contribution in [0.2, 0.25) is 0 Å². The van der Waals surface area contributed by atoms with Gasteiger partial charge in [-0.2, -0.15) is 4.98 Å². The smallest absolute Gasteiger partial charge is 0.214 e. The van der Waals surface area contributed by atoms with Gasteiger partial charge in [0.2, 0.25) is 5.88 Å². The van der Waals surface area contributed by atoms with Crippen LogP contribution in [0.15, 0.2) is 42.5 Å². The van der Waals surface area contributed by atoms with Crippen molar-refractivity contribution in [2.75, 3.05) is 12.4 Å². The van der Waals surface area contributed by atoms with Gasteiger partial charge in [-0.3, -0.25) is 0 Å². The van der Waals surface area contributed by atoms with E-state index in [9.17, 15) is 0 Å². The average molecular weight is 256 g/mol. The maximum absolute atomic E-state index is 5.10. The summed E-state index contributed by atoms with van der Waals surface area (Å²) in [5.74, 6) is 1.41. The van der Waals surface area contributed by atoms with Crippen LogP contribution in [0.5, 0.6) is 5.88 Å². The summed E-state index contributed by atoms with van der Waals surface area (Å²) in [7, 11) is 1.62.